The van der Waals surface area contributed by atoms with E-state index in [0.29, 0.717) is 5.56 Å². The van der Waals surface area contributed by atoms with Crippen molar-refractivity contribution in [2.45, 2.75) is 39.3 Å². The monoisotopic (exact) mass is 277 g/mol. The Morgan fingerprint density at radius 1 is 1.15 bits per heavy atom. The van der Waals surface area contributed by atoms with Gasteiger partial charge in [0.05, 0.1) is 6.10 Å². The molecule has 1 N–H and O–H groups in total. The maximum Gasteiger partial charge on any atom is 0.339 e. The topological polar surface area (TPSA) is 72.5 Å². The fourth-order valence-corrected chi connectivity index (χ4v) is 1.50. The summed E-state index contributed by atoms with van der Waals surface area (Å²) in [6.45, 7) is 5.95. The average molecular weight is 277 g/mol. The summed E-state index contributed by atoms with van der Waals surface area (Å²) in [6, 6.07) is 8.38. The van der Waals surface area contributed by atoms with E-state index in [0.717, 1.165) is 0 Å². The molecule has 0 heterocycles. The number of ether oxygens (including phenoxy) is 1. The molecule has 0 fully saturated rings. The zero-order valence-electron chi connectivity index (χ0n) is 12.1. The highest BCUT2D eigenvalue weighted by Gasteiger charge is 2.42. The number of amides is 1. The number of hydrogen-bond donors (Lipinski definition) is 1. The van der Waals surface area contributed by atoms with Crippen LogP contribution in [0.25, 0.3) is 0 Å². The van der Waals surface area contributed by atoms with Crippen molar-refractivity contribution < 1.29 is 19.1 Å². The Bertz CT molecular complexity index is 510. The number of ketones is 1. The van der Waals surface area contributed by atoms with Crippen molar-refractivity contribution in [2.24, 2.45) is 0 Å². The second kappa shape index (κ2) is 6.32. The summed E-state index contributed by atoms with van der Waals surface area (Å²) in [5, 5.41) is 2.45. The Kier molecular flexibility index (Phi) is 5.02. The molecule has 1 aromatic rings. The smallest absolute Gasteiger partial charge is 0.339 e. The van der Waals surface area contributed by atoms with Crippen LogP contribution in [0.1, 0.15) is 38.1 Å². The van der Waals surface area contributed by atoms with Crippen molar-refractivity contribution in [3.63, 3.8) is 0 Å². The van der Waals surface area contributed by atoms with Crippen molar-refractivity contribution in [3.8, 4) is 0 Å². The third-order valence-corrected chi connectivity index (χ3v) is 2.85. The van der Waals surface area contributed by atoms with E-state index in [2.05, 4.69) is 5.32 Å². The minimum absolute atomic E-state index is 0.366. The van der Waals surface area contributed by atoms with Gasteiger partial charge in [-0.3, -0.25) is 9.59 Å². The molecule has 0 aliphatic heterocycles. The Labute approximate surface area is 118 Å². The van der Waals surface area contributed by atoms with Crippen LogP contribution in [0.2, 0.25) is 0 Å². The molecular weight excluding hydrogens is 258 g/mol. The molecule has 0 aliphatic carbocycles. The maximum atomic E-state index is 12.1. The van der Waals surface area contributed by atoms with Crippen LogP contribution in [-0.4, -0.2) is 29.3 Å². The fourth-order valence-electron chi connectivity index (χ4n) is 1.50. The van der Waals surface area contributed by atoms with Gasteiger partial charge in [0.2, 0.25) is 0 Å². The average Bonchev–Trinajstić information content (AvgIpc) is 2.38. The van der Waals surface area contributed by atoms with Crippen LogP contribution in [0, 0.1) is 0 Å². The normalized spacial score (nSPS) is 13.4. The van der Waals surface area contributed by atoms with Gasteiger partial charge in [-0.25, -0.2) is 4.79 Å². The molecule has 5 nitrogen and oxygen atoms in total. The van der Waals surface area contributed by atoms with Gasteiger partial charge in [-0.15, -0.1) is 0 Å². The Morgan fingerprint density at radius 3 is 2.15 bits per heavy atom. The third-order valence-electron chi connectivity index (χ3n) is 2.85. The molecule has 0 radical (unpaired) electrons. The molecule has 5 heteroatoms. The molecule has 0 unspecified atom stereocenters. The number of Topliss-reactive ketones (excluding diaryl/α,β-unsaturated/α-hetero) is 1. The highest BCUT2D eigenvalue weighted by molar-refractivity contribution is 6.11. The summed E-state index contributed by atoms with van der Waals surface area (Å²) >= 11 is 0. The minimum atomic E-state index is -1.68. The van der Waals surface area contributed by atoms with Gasteiger partial charge in [0.1, 0.15) is 0 Å². The number of esters is 1. The van der Waals surface area contributed by atoms with E-state index in [9.17, 15) is 14.4 Å². The summed E-state index contributed by atoms with van der Waals surface area (Å²) in [6.07, 6.45) is -0.366. The largest absolute Gasteiger partial charge is 0.461 e. The van der Waals surface area contributed by atoms with Crippen LogP contribution in [0.3, 0.4) is 0 Å². The Balaban J connectivity index is 2.95. The molecule has 1 atom stereocenters. The van der Waals surface area contributed by atoms with Crippen LogP contribution in [0.15, 0.2) is 30.3 Å². The lowest BCUT2D eigenvalue weighted by atomic mass is 9.96. The van der Waals surface area contributed by atoms with E-state index in [1.807, 2.05) is 0 Å². The molecule has 0 saturated heterocycles. The fraction of sp³-hybridized carbons (Fsp3) is 0.400. The molecule has 0 saturated carbocycles. The summed E-state index contributed by atoms with van der Waals surface area (Å²) in [5.74, 6) is -1.74. The van der Waals surface area contributed by atoms with Gasteiger partial charge in [0, 0.05) is 5.56 Å². The zero-order valence-corrected chi connectivity index (χ0v) is 12.1. The van der Waals surface area contributed by atoms with E-state index in [-0.39, 0.29) is 6.10 Å². The van der Waals surface area contributed by atoms with Gasteiger partial charge < -0.3 is 10.1 Å². The molecule has 1 aromatic carbocycles. The summed E-state index contributed by atoms with van der Waals surface area (Å²) in [4.78, 5) is 35.8. The second-order valence-corrected chi connectivity index (χ2v) is 4.96. The number of benzene rings is 1. The molecule has 0 bridgehead atoms. The lowest BCUT2D eigenvalue weighted by molar-refractivity contribution is -0.157. The molecule has 108 valence electrons. The molecular formula is C15H19NO4. The SMILES string of the molecule is CC(=O)[C@](C)(NC(=O)c1ccccc1)C(=O)OC(C)C. The van der Waals surface area contributed by atoms with Crippen LogP contribution in [0.4, 0.5) is 0 Å². The minimum Gasteiger partial charge on any atom is -0.461 e. The molecule has 1 rings (SSSR count). The van der Waals surface area contributed by atoms with E-state index < -0.39 is 23.2 Å². The van der Waals surface area contributed by atoms with Crippen LogP contribution in [0.5, 0.6) is 0 Å². The van der Waals surface area contributed by atoms with Crippen LogP contribution < -0.4 is 5.32 Å². The zero-order chi connectivity index (χ0) is 15.3. The highest BCUT2D eigenvalue weighted by atomic mass is 16.5. The first kappa shape index (κ1) is 15.9. The number of nitrogens with one attached hydrogen (secondary N) is 1. The molecule has 0 spiro atoms. The van der Waals surface area contributed by atoms with Crippen LogP contribution >= 0.6 is 0 Å². The number of carbonyl (C=O) groups excluding carboxylic acids is 3. The number of carbonyl (C=O) groups is 3. The second-order valence-electron chi connectivity index (χ2n) is 4.96. The predicted molar refractivity (Wildman–Crippen MR) is 74.2 cm³/mol. The van der Waals surface area contributed by atoms with E-state index in [1.54, 1.807) is 44.2 Å². The maximum absolute atomic E-state index is 12.1. The standard InChI is InChI=1S/C15H19NO4/c1-10(2)20-14(19)15(4,11(3)17)16-13(18)12-8-6-5-7-9-12/h5-10H,1-4H3,(H,16,18)/t15-/m0/s1. The van der Waals surface area contributed by atoms with Gasteiger partial charge in [-0.2, -0.15) is 0 Å². The predicted octanol–water partition coefficient (Wildman–Crippen LogP) is 1.72. The molecule has 0 aliphatic rings. The van der Waals surface area contributed by atoms with Crippen molar-refractivity contribution >= 4 is 17.7 Å². The number of hydrogen-bond acceptors (Lipinski definition) is 4. The third kappa shape index (κ3) is 3.66. The lowest BCUT2D eigenvalue weighted by Gasteiger charge is -2.26. The Hall–Kier alpha value is -2.17. The first-order valence-corrected chi connectivity index (χ1v) is 6.37. The molecule has 1 amide bonds. The van der Waals surface area contributed by atoms with Gasteiger partial charge in [0.15, 0.2) is 11.3 Å². The van der Waals surface area contributed by atoms with Gasteiger partial charge in [0.25, 0.3) is 5.91 Å². The highest BCUT2D eigenvalue weighted by Crippen LogP contribution is 2.12. The Morgan fingerprint density at radius 2 is 1.70 bits per heavy atom. The van der Waals surface area contributed by atoms with Crippen molar-refractivity contribution in [1.82, 2.24) is 5.32 Å². The summed E-state index contributed by atoms with van der Waals surface area (Å²) in [7, 11) is 0. The van der Waals surface area contributed by atoms with E-state index in [4.69, 9.17) is 4.74 Å². The van der Waals surface area contributed by atoms with Crippen molar-refractivity contribution in [3.05, 3.63) is 35.9 Å². The van der Waals surface area contributed by atoms with Gasteiger partial charge in [-0.05, 0) is 39.8 Å². The summed E-state index contributed by atoms with van der Waals surface area (Å²) in [5.41, 5.74) is -1.31. The summed E-state index contributed by atoms with van der Waals surface area (Å²) < 4.78 is 5.04. The first-order chi connectivity index (χ1) is 9.27. The van der Waals surface area contributed by atoms with Crippen molar-refractivity contribution in [1.29, 1.82) is 0 Å². The molecule has 0 aromatic heterocycles. The number of rotatable bonds is 5. The van der Waals surface area contributed by atoms with Crippen LogP contribution in [-0.2, 0) is 14.3 Å². The van der Waals surface area contributed by atoms with E-state index >= 15 is 0 Å². The molecule has 20 heavy (non-hydrogen) atoms. The van der Waals surface area contributed by atoms with E-state index in [1.165, 1.54) is 13.8 Å². The lowest BCUT2D eigenvalue weighted by Crippen LogP contribution is -2.58. The quantitative estimate of drug-likeness (QED) is 0.657. The van der Waals surface area contributed by atoms with Crippen molar-refractivity contribution in [2.75, 3.05) is 0 Å². The van der Waals surface area contributed by atoms with Gasteiger partial charge in [-0.1, -0.05) is 18.2 Å². The first-order valence-electron chi connectivity index (χ1n) is 6.37. The van der Waals surface area contributed by atoms with Gasteiger partial charge >= 0.3 is 5.97 Å².